The number of nitrogens with zero attached hydrogens (tertiary/aromatic N) is 3. The van der Waals surface area contributed by atoms with Gasteiger partial charge in [-0.25, -0.2) is 12.7 Å². The highest BCUT2D eigenvalue weighted by atomic mass is 32.2. The summed E-state index contributed by atoms with van der Waals surface area (Å²) >= 11 is 0. The molecule has 1 atom stereocenters. The average Bonchev–Trinajstić information content (AvgIpc) is 3.26. The lowest BCUT2D eigenvalue weighted by molar-refractivity contribution is 0.0893. The molecule has 0 saturated carbocycles. The Kier molecular flexibility index (Phi) is 4.84. The Morgan fingerprint density at radius 1 is 1.24 bits per heavy atom. The van der Waals surface area contributed by atoms with E-state index >= 15 is 0 Å². The standard InChI is InChI=1S/C15H18N4O5S/c1-19(2)25(21,22)11-7-5-10(6-8-11)13(20)16-15-18-17-14(24-15)12-4-3-9-23-12/h5-8,12H,3-4,9H2,1-2H3,(H,16,18,20). The van der Waals surface area contributed by atoms with Crippen molar-refractivity contribution in [2.24, 2.45) is 0 Å². The van der Waals surface area contributed by atoms with Crippen LogP contribution in [0.25, 0.3) is 0 Å². The molecule has 3 rings (SSSR count). The molecule has 25 heavy (non-hydrogen) atoms. The van der Waals surface area contributed by atoms with E-state index in [-0.39, 0.29) is 22.6 Å². The summed E-state index contributed by atoms with van der Waals surface area (Å²) in [7, 11) is -0.654. The minimum absolute atomic E-state index is 0.0273. The minimum Gasteiger partial charge on any atom is -0.405 e. The Hall–Kier alpha value is -2.30. The van der Waals surface area contributed by atoms with Crippen LogP contribution in [0.15, 0.2) is 33.6 Å². The quantitative estimate of drug-likeness (QED) is 0.851. The summed E-state index contributed by atoms with van der Waals surface area (Å²) in [6, 6.07) is 5.55. The van der Waals surface area contributed by atoms with Crippen molar-refractivity contribution in [3.05, 3.63) is 35.7 Å². The van der Waals surface area contributed by atoms with Crippen LogP contribution in [0.5, 0.6) is 0 Å². The van der Waals surface area contributed by atoms with Gasteiger partial charge >= 0.3 is 6.01 Å². The molecule has 0 radical (unpaired) electrons. The number of rotatable bonds is 5. The Labute approximate surface area is 145 Å². The number of hydrogen-bond acceptors (Lipinski definition) is 7. The number of aromatic nitrogens is 2. The van der Waals surface area contributed by atoms with E-state index in [9.17, 15) is 13.2 Å². The molecule has 1 aliphatic rings. The molecule has 0 bridgehead atoms. The molecule has 1 N–H and O–H groups in total. The predicted octanol–water partition coefficient (Wildman–Crippen LogP) is 1.42. The van der Waals surface area contributed by atoms with E-state index < -0.39 is 15.9 Å². The fourth-order valence-electron chi connectivity index (χ4n) is 2.35. The number of carbonyl (C=O) groups is 1. The van der Waals surface area contributed by atoms with Crippen molar-refractivity contribution >= 4 is 21.9 Å². The molecular formula is C15H18N4O5S. The lowest BCUT2D eigenvalue weighted by Gasteiger charge is -2.11. The molecule has 9 nitrogen and oxygen atoms in total. The van der Waals surface area contributed by atoms with Crippen molar-refractivity contribution in [3.63, 3.8) is 0 Å². The summed E-state index contributed by atoms with van der Waals surface area (Å²) < 4.78 is 36.0. The first-order valence-electron chi connectivity index (χ1n) is 7.67. The van der Waals surface area contributed by atoms with Gasteiger partial charge in [0.05, 0.1) is 4.90 Å². The number of amides is 1. The number of ether oxygens (including phenoxy) is 1. The summed E-state index contributed by atoms with van der Waals surface area (Å²) in [6.07, 6.45) is 1.50. The van der Waals surface area contributed by atoms with Crippen LogP contribution in [-0.2, 0) is 14.8 Å². The van der Waals surface area contributed by atoms with Gasteiger partial charge in [-0.15, -0.1) is 5.10 Å². The Bertz CT molecular complexity index is 854. The lowest BCUT2D eigenvalue weighted by atomic mass is 10.2. The minimum atomic E-state index is -3.54. The normalized spacial score (nSPS) is 17.8. The van der Waals surface area contributed by atoms with Crippen molar-refractivity contribution in [1.82, 2.24) is 14.5 Å². The first kappa shape index (κ1) is 17.5. The molecular weight excluding hydrogens is 348 g/mol. The van der Waals surface area contributed by atoms with Gasteiger partial charge < -0.3 is 9.15 Å². The van der Waals surface area contributed by atoms with E-state index in [1.54, 1.807) is 0 Å². The van der Waals surface area contributed by atoms with Gasteiger partial charge in [-0.2, -0.15) is 0 Å². The molecule has 0 aliphatic carbocycles. The number of sulfonamides is 1. The largest absolute Gasteiger partial charge is 0.405 e. The van der Waals surface area contributed by atoms with E-state index in [0.717, 1.165) is 17.1 Å². The molecule has 1 aromatic heterocycles. The van der Waals surface area contributed by atoms with Gasteiger partial charge in [-0.1, -0.05) is 5.10 Å². The molecule has 0 spiro atoms. The number of anilines is 1. The van der Waals surface area contributed by atoms with Crippen LogP contribution in [0.1, 0.15) is 35.2 Å². The molecule has 1 aromatic carbocycles. The fraction of sp³-hybridized carbons (Fsp3) is 0.400. The second-order valence-corrected chi connectivity index (χ2v) is 7.86. The van der Waals surface area contributed by atoms with Crippen LogP contribution in [0.4, 0.5) is 6.01 Å². The topological polar surface area (TPSA) is 115 Å². The monoisotopic (exact) mass is 366 g/mol. The third-order valence-corrected chi connectivity index (χ3v) is 5.59. The number of nitrogens with one attached hydrogen (secondary N) is 1. The zero-order valence-electron chi connectivity index (χ0n) is 13.8. The van der Waals surface area contributed by atoms with Crippen LogP contribution in [0, 0.1) is 0 Å². The highest BCUT2D eigenvalue weighted by Crippen LogP contribution is 2.28. The van der Waals surface area contributed by atoms with Gasteiger partial charge in [0, 0.05) is 26.3 Å². The molecule has 1 amide bonds. The van der Waals surface area contributed by atoms with E-state index in [2.05, 4.69) is 15.5 Å². The Morgan fingerprint density at radius 3 is 2.56 bits per heavy atom. The second-order valence-electron chi connectivity index (χ2n) is 5.71. The third kappa shape index (κ3) is 3.70. The molecule has 134 valence electrons. The summed E-state index contributed by atoms with van der Waals surface area (Å²) in [5.74, 6) is -0.142. The van der Waals surface area contributed by atoms with Crippen molar-refractivity contribution in [2.45, 2.75) is 23.8 Å². The van der Waals surface area contributed by atoms with Gasteiger partial charge in [0.2, 0.25) is 15.9 Å². The molecule has 2 heterocycles. The number of carbonyl (C=O) groups excluding carboxylic acids is 1. The summed E-state index contributed by atoms with van der Waals surface area (Å²) in [4.78, 5) is 12.3. The van der Waals surface area contributed by atoms with E-state index in [1.165, 1.54) is 38.4 Å². The SMILES string of the molecule is CN(C)S(=O)(=O)c1ccc(C(=O)Nc2nnc(C3CCCO3)o2)cc1. The second kappa shape index (κ2) is 6.90. The van der Waals surface area contributed by atoms with Crippen LogP contribution in [-0.4, -0.2) is 49.5 Å². The summed E-state index contributed by atoms with van der Waals surface area (Å²) in [5.41, 5.74) is 0.273. The number of benzene rings is 1. The fourth-order valence-corrected chi connectivity index (χ4v) is 3.25. The molecule has 2 aromatic rings. The maximum atomic E-state index is 12.2. The Morgan fingerprint density at radius 2 is 1.96 bits per heavy atom. The van der Waals surface area contributed by atoms with E-state index in [0.29, 0.717) is 12.5 Å². The molecule has 1 saturated heterocycles. The van der Waals surface area contributed by atoms with Gasteiger partial charge in [-0.3, -0.25) is 10.1 Å². The van der Waals surface area contributed by atoms with E-state index in [4.69, 9.17) is 9.15 Å². The van der Waals surface area contributed by atoms with Crippen LogP contribution >= 0.6 is 0 Å². The Balaban J connectivity index is 1.69. The average molecular weight is 366 g/mol. The van der Waals surface area contributed by atoms with Crippen LogP contribution < -0.4 is 5.32 Å². The zero-order chi connectivity index (χ0) is 18.0. The van der Waals surface area contributed by atoms with Crippen LogP contribution in [0.2, 0.25) is 0 Å². The van der Waals surface area contributed by atoms with Gasteiger partial charge in [0.1, 0.15) is 6.10 Å². The van der Waals surface area contributed by atoms with Gasteiger partial charge in [-0.05, 0) is 37.1 Å². The van der Waals surface area contributed by atoms with Gasteiger partial charge in [0.25, 0.3) is 5.91 Å². The summed E-state index contributed by atoms with van der Waals surface area (Å²) in [5, 5.41) is 10.1. The van der Waals surface area contributed by atoms with Crippen molar-refractivity contribution in [1.29, 1.82) is 0 Å². The third-order valence-electron chi connectivity index (χ3n) is 3.76. The van der Waals surface area contributed by atoms with Crippen molar-refractivity contribution in [3.8, 4) is 0 Å². The van der Waals surface area contributed by atoms with Gasteiger partial charge in [0.15, 0.2) is 0 Å². The highest BCUT2D eigenvalue weighted by molar-refractivity contribution is 7.89. The predicted molar refractivity (Wildman–Crippen MR) is 87.5 cm³/mol. The van der Waals surface area contributed by atoms with Crippen molar-refractivity contribution < 1.29 is 22.4 Å². The van der Waals surface area contributed by atoms with Crippen molar-refractivity contribution in [2.75, 3.05) is 26.0 Å². The maximum absolute atomic E-state index is 12.2. The lowest BCUT2D eigenvalue weighted by Crippen LogP contribution is -2.22. The maximum Gasteiger partial charge on any atom is 0.322 e. The smallest absolute Gasteiger partial charge is 0.322 e. The summed E-state index contributed by atoms with van der Waals surface area (Å²) in [6.45, 7) is 0.650. The molecule has 10 heteroatoms. The molecule has 1 fully saturated rings. The molecule has 1 aliphatic heterocycles. The molecule has 1 unspecified atom stereocenters. The zero-order valence-corrected chi connectivity index (χ0v) is 14.6. The number of hydrogen-bond donors (Lipinski definition) is 1. The first-order valence-corrected chi connectivity index (χ1v) is 9.11. The first-order chi connectivity index (χ1) is 11.9. The van der Waals surface area contributed by atoms with E-state index in [1.807, 2.05) is 0 Å². The highest BCUT2D eigenvalue weighted by Gasteiger charge is 2.24. The van der Waals surface area contributed by atoms with Crippen LogP contribution in [0.3, 0.4) is 0 Å².